The SMILES string of the molecule is c1ccc(-c2ccc(-c3ccc(N(c4ccc5c(ccc6ccccc65)c4)c4ccccc4-c4cccc5c4oc4cc6ccccc6cc45)cc3)cc2)cc1. The monoisotopic (exact) mass is 713 g/mol. The Morgan fingerprint density at radius 1 is 0.304 bits per heavy atom. The smallest absolute Gasteiger partial charge is 0.143 e. The molecule has 11 rings (SSSR count). The Labute approximate surface area is 325 Å². The molecule has 0 aliphatic carbocycles. The normalized spacial score (nSPS) is 11.6. The molecule has 262 valence electrons. The highest BCUT2D eigenvalue weighted by molar-refractivity contribution is 6.14. The molecule has 0 fully saturated rings. The van der Waals surface area contributed by atoms with Crippen LogP contribution in [0.1, 0.15) is 0 Å². The number of furan rings is 1. The van der Waals surface area contributed by atoms with Gasteiger partial charge in [0.25, 0.3) is 0 Å². The van der Waals surface area contributed by atoms with Gasteiger partial charge in [-0.25, -0.2) is 0 Å². The van der Waals surface area contributed by atoms with Crippen molar-refractivity contribution in [3.63, 3.8) is 0 Å². The number of hydrogen-bond donors (Lipinski definition) is 0. The molecule has 1 aromatic heterocycles. The van der Waals surface area contributed by atoms with Crippen LogP contribution in [0.2, 0.25) is 0 Å². The molecular formula is C54H35NO. The van der Waals surface area contributed by atoms with Gasteiger partial charge in [-0.15, -0.1) is 0 Å². The Morgan fingerprint density at radius 3 is 1.64 bits per heavy atom. The number of fused-ring (bicyclic) bond motifs is 7. The van der Waals surface area contributed by atoms with Crippen molar-refractivity contribution in [2.24, 2.45) is 0 Å². The maximum Gasteiger partial charge on any atom is 0.143 e. The standard InChI is InChI=1S/C54H35NO/c1-2-11-36(12-3-1)37-21-23-38(24-22-37)39-27-29-44(30-28-39)55(45-31-32-47-43(33-45)26-25-40-13-6-7-16-46(40)47)52-20-9-8-17-48(52)49-18-10-19-50-51-34-41-14-4-5-15-42(41)35-53(51)56-54(49)50/h1-35H. The average Bonchev–Trinajstić information content (AvgIpc) is 3.64. The van der Waals surface area contributed by atoms with Gasteiger partial charge in [-0.1, -0.05) is 170 Å². The van der Waals surface area contributed by atoms with E-state index in [1.54, 1.807) is 0 Å². The van der Waals surface area contributed by atoms with Crippen LogP contribution in [0.15, 0.2) is 217 Å². The van der Waals surface area contributed by atoms with Gasteiger partial charge in [0.05, 0.1) is 5.69 Å². The first kappa shape index (κ1) is 32.0. The zero-order chi connectivity index (χ0) is 37.0. The highest BCUT2D eigenvalue weighted by Crippen LogP contribution is 2.45. The molecular weight excluding hydrogens is 679 g/mol. The highest BCUT2D eigenvalue weighted by Gasteiger charge is 2.21. The molecule has 0 amide bonds. The van der Waals surface area contributed by atoms with E-state index in [0.717, 1.165) is 50.1 Å². The minimum absolute atomic E-state index is 0.893. The molecule has 0 bridgehead atoms. The van der Waals surface area contributed by atoms with Crippen molar-refractivity contribution in [1.29, 1.82) is 0 Å². The van der Waals surface area contributed by atoms with Crippen LogP contribution in [0.25, 0.3) is 87.6 Å². The number of anilines is 3. The molecule has 0 saturated carbocycles. The molecule has 0 aliphatic rings. The van der Waals surface area contributed by atoms with Gasteiger partial charge in [-0.3, -0.25) is 0 Å². The van der Waals surface area contributed by atoms with Crippen LogP contribution in [0.5, 0.6) is 0 Å². The topological polar surface area (TPSA) is 16.4 Å². The Balaban J connectivity index is 1.07. The summed E-state index contributed by atoms with van der Waals surface area (Å²) < 4.78 is 6.77. The first-order chi connectivity index (χ1) is 27.7. The Kier molecular flexibility index (Phi) is 7.53. The van der Waals surface area contributed by atoms with Crippen molar-refractivity contribution >= 4 is 71.3 Å². The molecule has 2 nitrogen and oxygen atoms in total. The summed E-state index contributed by atoms with van der Waals surface area (Å²) in [6.45, 7) is 0. The molecule has 0 spiro atoms. The summed E-state index contributed by atoms with van der Waals surface area (Å²) in [6, 6.07) is 76.5. The van der Waals surface area contributed by atoms with Gasteiger partial charge < -0.3 is 9.32 Å². The number of nitrogens with zero attached hydrogens (tertiary/aromatic N) is 1. The Morgan fingerprint density at radius 2 is 0.857 bits per heavy atom. The van der Waals surface area contributed by atoms with E-state index < -0.39 is 0 Å². The van der Waals surface area contributed by atoms with Crippen molar-refractivity contribution in [2.45, 2.75) is 0 Å². The van der Waals surface area contributed by atoms with Gasteiger partial charge in [0.1, 0.15) is 11.2 Å². The zero-order valence-corrected chi connectivity index (χ0v) is 30.6. The lowest BCUT2D eigenvalue weighted by Crippen LogP contribution is -2.11. The van der Waals surface area contributed by atoms with Crippen LogP contribution < -0.4 is 4.90 Å². The van der Waals surface area contributed by atoms with Crippen LogP contribution in [-0.4, -0.2) is 0 Å². The second-order valence-corrected chi connectivity index (χ2v) is 14.5. The van der Waals surface area contributed by atoms with E-state index in [1.807, 2.05) is 0 Å². The van der Waals surface area contributed by atoms with Crippen LogP contribution >= 0.6 is 0 Å². The molecule has 11 aromatic rings. The summed E-state index contributed by atoms with van der Waals surface area (Å²) in [5.41, 5.74) is 12.0. The lowest BCUT2D eigenvalue weighted by molar-refractivity contribution is 0.670. The van der Waals surface area contributed by atoms with Crippen molar-refractivity contribution < 1.29 is 4.42 Å². The first-order valence-corrected chi connectivity index (χ1v) is 19.2. The summed E-state index contributed by atoms with van der Waals surface area (Å²) in [5, 5.41) is 9.57. The number of benzene rings is 10. The maximum atomic E-state index is 6.77. The van der Waals surface area contributed by atoms with Gasteiger partial charge in [-0.2, -0.15) is 0 Å². The summed E-state index contributed by atoms with van der Waals surface area (Å²) in [5.74, 6) is 0. The van der Waals surface area contributed by atoms with Gasteiger partial charge in [0.15, 0.2) is 0 Å². The third-order valence-corrected chi connectivity index (χ3v) is 11.2. The fraction of sp³-hybridized carbons (Fsp3) is 0. The third-order valence-electron chi connectivity index (χ3n) is 11.2. The van der Waals surface area contributed by atoms with Gasteiger partial charge >= 0.3 is 0 Å². The van der Waals surface area contributed by atoms with E-state index in [0.29, 0.717) is 0 Å². The fourth-order valence-corrected chi connectivity index (χ4v) is 8.45. The van der Waals surface area contributed by atoms with Crippen molar-refractivity contribution in [3.05, 3.63) is 212 Å². The molecule has 56 heavy (non-hydrogen) atoms. The number of hydrogen-bond acceptors (Lipinski definition) is 2. The average molecular weight is 714 g/mol. The summed E-state index contributed by atoms with van der Waals surface area (Å²) in [4.78, 5) is 2.39. The summed E-state index contributed by atoms with van der Waals surface area (Å²) >= 11 is 0. The molecule has 0 saturated heterocycles. The van der Waals surface area contributed by atoms with Crippen molar-refractivity contribution in [1.82, 2.24) is 0 Å². The van der Waals surface area contributed by atoms with E-state index in [1.165, 1.54) is 54.6 Å². The van der Waals surface area contributed by atoms with Crippen molar-refractivity contribution in [2.75, 3.05) is 4.90 Å². The summed E-state index contributed by atoms with van der Waals surface area (Å²) in [7, 11) is 0. The van der Waals surface area contributed by atoms with E-state index >= 15 is 0 Å². The highest BCUT2D eigenvalue weighted by atomic mass is 16.3. The van der Waals surface area contributed by atoms with E-state index in [2.05, 4.69) is 217 Å². The maximum absolute atomic E-state index is 6.77. The molecule has 0 aliphatic heterocycles. The van der Waals surface area contributed by atoms with Crippen LogP contribution in [-0.2, 0) is 0 Å². The molecule has 1 heterocycles. The molecule has 0 N–H and O–H groups in total. The Hall–Kier alpha value is -7.42. The quantitative estimate of drug-likeness (QED) is 0.160. The van der Waals surface area contributed by atoms with Gasteiger partial charge in [0, 0.05) is 33.3 Å². The lowest BCUT2D eigenvalue weighted by Gasteiger charge is -2.28. The van der Waals surface area contributed by atoms with Gasteiger partial charge in [0.2, 0.25) is 0 Å². The van der Waals surface area contributed by atoms with Crippen LogP contribution in [0.3, 0.4) is 0 Å². The predicted octanol–water partition coefficient (Wildman–Crippen LogP) is 15.5. The lowest BCUT2D eigenvalue weighted by atomic mass is 9.97. The zero-order valence-electron chi connectivity index (χ0n) is 30.6. The molecule has 0 radical (unpaired) electrons. The summed E-state index contributed by atoms with van der Waals surface area (Å²) in [6.07, 6.45) is 0. The van der Waals surface area contributed by atoms with E-state index in [9.17, 15) is 0 Å². The molecule has 0 unspecified atom stereocenters. The number of para-hydroxylation sites is 2. The van der Waals surface area contributed by atoms with E-state index in [-0.39, 0.29) is 0 Å². The second kappa shape index (κ2) is 13.2. The minimum atomic E-state index is 0.893. The van der Waals surface area contributed by atoms with Gasteiger partial charge in [-0.05, 0) is 97.0 Å². The first-order valence-electron chi connectivity index (χ1n) is 19.2. The second-order valence-electron chi connectivity index (χ2n) is 14.5. The fourth-order valence-electron chi connectivity index (χ4n) is 8.45. The Bertz CT molecular complexity index is 3230. The molecule has 0 atom stereocenters. The third kappa shape index (κ3) is 5.42. The van der Waals surface area contributed by atoms with Crippen molar-refractivity contribution in [3.8, 4) is 33.4 Å². The number of rotatable bonds is 6. The molecule has 10 aromatic carbocycles. The van der Waals surface area contributed by atoms with Crippen LogP contribution in [0, 0.1) is 0 Å². The predicted molar refractivity (Wildman–Crippen MR) is 237 cm³/mol. The minimum Gasteiger partial charge on any atom is -0.455 e. The van der Waals surface area contributed by atoms with E-state index in [4.69, 9.17) is 4.42 Å². The largest absolute Gasteiger partial charge is 0.455 e. The molecule has 2 heteroatoms. The van der Waals surface area contributed by atoms with Crippen LogP contribution in [0.4, 0.5) is 17.1 Å².